The topological polar surface area (TPSA) is 84.2 Å². The SMILES string of the molecule is CC(=O)Nc1ccc(F)c(NC(=O)C2CCCCC2(C)N)c1.Cl. The number of amides is 2. The summed E-state index contributed by atoms with van der Waals surface area (Å²) in [6.45, 7) is 3.23. The van der Waals surface area contributed by atoms with E-state index in [1.54, 1.807) is 0 Å². The molecule has 0 radical (unpaired) electrons. The highest BCUT2D eigenvalue weighted by molar-refractivity contribution is 5.95. The van der Waals surface area contributed by atoms with Crippen molar-refractivity contribution in [3.05, 3.63) is 24.0 Å². The van der Waals surface area contributed by atoms with Crippen molar-refractivity contribution < 1.29 is 14.0 Å². The molecule has 1 aromatic carbocycles. The second-order valence-corrected chi connectivity index (χ2v) is 6.17. The first kappa shape index (κ1) is 19.4. The molecule has 2 atom stereocenters. The molecule has 1 fully saturated rings. The third-order valence-corrected chi connectivity index (χ3v) is 4.12. The molecule has 0 aliphatic heterocycles. The monoisotopic (exact) mass is 343 g/mol. The molecule has 0 spiro atoms. The van der Waals surface area contributed by atoms with E-state index in [9.17, 15) is 14.0 Å². The molecule has 2 rings (SSSR count). The van der Waals surface area contributed by atoms with Crippen molar-refractivity contribution in [1.29, 1.82) is 0 Å². The predicted molar refractivity (Wildman–Crippen MR) is 91.1 cm³/mol. The fourth-order valence-corrected chi connectivity index (χ4v) is 2.91. The van der Waals surface area contributed by atoms with E-state index in [2.05, 4.69) is 10.6 Å². The Kier molecular flexibility index (Phi) is 6.53. The molecule has 0 aromatic heterocycles. The third-order valence-electron chi connectivity index (χ3n) is 4.12. The summed E-state index contributed by atoms with van der Waals surface area (Å²) in [6, 6.07) is 4.06. The van der Waals surface area contributed by atoms with Gasteiger partial charge in [0.1, 0.15) is 5.82 Å². The minimum atomic E-state index is -0.575. The van der Waals surface area contributed by atoms with Crippen LogP contribution in [0.4, 0.5) is 15.8 Å². The van der Waals surface area contributed by atoms with E-state index < -0.39 is 11.4 Å². The lowest BCUT2D eigenvalue weighted by Crippen LogP contribution is -2.51. The average Bonchev–Trinajstić information content (AvgIpc) is 2.41. The van der Waals surface area contributed by atoms with E-state index in [4.69, 9.17) is 5.73 Å². The largest absolute Gasteiger partial charge is 0.326 e. The van der Waals surface area contributed by atoms with Crippen LogP contribution in [0, 0.1) is 11.7 Å². The molecule has 2 amide bonds. The number of halogens is 2. The number of nitrogens with two attached hydrogens (primary N) is 1. The predicted octanol–water partition coefficient (Wildman–Crippen LogP) is 3.05. The molecule has 0 saturated heterocycles. The molecule has 1 saturated carbocycles. The third kappa shape index (κ3) is 4.91. The maximum absolute atomic E-state index is 13.9. The second-order valence-electron chi connectivity index (χ2n) is 6.17. The van der Waals surface area contributed by atoms with Crippen LogP contribution in [0.1, 0.15) is 39.5 Å². The van der Waals surface area contributed by atoms with E-state index in [1.165, 1.54) is 25.1 Å². The van der Waals surface area contributed by atoms with Gasteiger partial charge in [0.15, 0.2) is 0 Å². The fourth-order valence-electron chi connectivity index (χ4n) is 2.91. The normalized spacial score (nSPS) is 23.6. The van der Waals surface area contributed by atoms with Gasteiger partial charge in [-0.25, -0.2) is 4.39 Å². The lowest BCUT2D eigenvalue weighted by atomic mass is 9.74. The first-order valence-corrected chi connectivity index (χ1v) is 7.46. The van der Waals surface area contributed by atoms with Gasteiger partial charge in [0, 0.05) is 18.2 Å². The highest BCUT2D eigenvalue weighted by Gasteiger charge is 2.37. The van der Waals surface area contributed by atoms with Crippen LogP contribution in [-0.4, -0.2) is 17.4 Å². The smallest absolute Gasteiger partial charge is 0.229 e. The van der Waals surface area contributed by atoms with E-state index in [-0.39, 0.29) is 35.8 Å². The summed E-state index contributed by atoms with van der Waals surface area (Å²) in [6.07, 6.45) is 3.42. The van der Waals surface area contributed by atoms with Gasteiger partial charge in [-0.05, 0) is 38.0 Å². The van der Waals surface area contributed by atoms with Crippen LogP contribution in [0.2, 0.25) is 0 Å². The van der Waals surface area contributed by atoms with Crippen molar-refractivity contribution in [2.24, 2.45) is 11.7 Å². The minimum absolute atomic E-state index is 0. The molecule has 1 aromatic rings. The lowest BCUT2D eigenvalue weighted by molar-refractivity contribution is -0.122. The first-order chi connectivity index (χ1) is 10.3. The number of anilines is 2. The Hall–Kier alpha value is -1.66. The van der Waals surface area contributed by atoms with Crippen LogP contribution in [0.15, 0.2) is 18.2 Å². The maximum Gasteiger partial charge on any atom is 0.229 e. The van der Waals surface area contributed by atoms with Gasteiger partial charge in [0.25, 0.3) is 0 Å². The van der Waals surface area contributed by atoms with Crippen LogP contribution in [-0.2, 0) is 9.59 Å². The van der Waals surface area contributed by atoms with Gasteiger partial charge >= 0.3 is 0 Å². The number of hydrogen-bond acceptors (Lipinski definition) is 3. The van der Waals surface area contributed by atoms with Gasteiger partial charge in [-0.2, -0.15) is 0 Å². The number of hydrogen-bond donors (Lipinski definition) is 3. The van der Waals surface area contributed by atoms with Crippen molar-refractivity contribution in [3.63, 3.8) is 0 Å². The van der Waals surface area contributed by atoms with Crippen LogP contribution in [0.3, 0.4) is 0 Å². The molecular formula is C16H23ClFN3O2. The van der Waals surface area contributed by atoms with Crippen molar-refractivity contribution in [2.45, 2.75) is 45.1 Å². The Labute approximate surface area is 141 Å². The van der Waals surface area contributed by atoms with E-state index in [0.29, 0.717) is 12.1 Å². The van der Waals surface area contributed by atoms with Gasteiger partial charge < -0.3 is 16.4 Å². The molecule has 0 heterocycles. The highest BCUT2D eigenvalue weighted by atomic mass is 35.5. The number of nitrogens with one attached hydrogen (secondary N) is 2. The Bertz CT molecular complexity index is 593. The number of carbonyl (C=O) groups excluding carboxylic acids is 2. The van der Waals surface area contributed by atoms with Gasteiger partial charge in [-0.3, -0.25) is 9.59 Å². The van der Waals surface area contributed by atoms with Crippen LogP contribution < -0.4 is 16.4 Å². The highest BCUT2D eigenvalue weighted by Crippen LogP contribution is 2.33. The summed E-state index contributed by atoms with van der Waals surface area (Å²) >= 11 is 0. The van der Waals surface area contributed by atoms with Crippen LogP contribution in [0.25, 0.3) is 0 Å². The molecule has 1 aliphatic rings. The van der Waals surface area contributed by atoms with Crippen molar-refractivity contribution in [1.82, 2.24) is 0 Å². The molecule has 7 heteroatoms. The van der Waals surface area contributed by atoms with Crippen LogP contribution in [0.5, 0.6) is 0 Å². The van der Waals surface area contributed by atoms with Crippen molar-refractivity contribution in [2.75, 3.05) is 10.6 Å². The second kappa shape index (κ2) is 7.75. The molecule has 1 aliphatic carbocycles. The van der Waals surface area contributed by atoms with Gasteiger partial charge in [-0.15, -0.1) is 12.4 Å². The van der Waals surface area contributed by atoms with Crippen molar-refractivity contribution in [3.8, 4) is 0 Å². The first-order valence-electron chi connectivity index (χ1n) is 7.46. The Morgan fingerprint density at radius 3 is 2.61 bits per heavy atom. The molecule has 2 unspecified atom stereocenters. The summed E-state index contributed by atoms with van der Waals surface area (Å²) in [5, 5.41) is 5.16. The van der Waals surface area contributed by atoms with E-state index in [0.717, 1.165) is 19.3 Å². The van der Waals surface area contributed by atoms with Gasteiger partial charge in [0.05, 0.1) is 11.6 Å². The van der Waals surface area contributed by atoms with Gasteiger partial charge in [-0.1, -0.05) is 12.8 Å². The molecule has 4 N–H and O–H groups in total. The Morgan fingerprint density at radius 1 is 1.30 bits per heavy atom. The molecular weight excluding hydrogens is 321 g/mol. The number of benzene rings is 1. The summed E-state index contributed by atoms with van der Waals surface area (Å²) in [5.74, 6) is -1.42. The quantitative estimate of drug-likeness (QED) is 0.788. The maximum atomic E-state index is 13.9. The average molecular weight is 344 g/mol. The molecule has 128 valence electrons. The molecule has 23 heavy (non-hydrogen) atoms. The van der Waals surface area contributed by atoms with Gasteiger partial charge in [0.2, 0.25) is 11.8 Å². The zero-order valence-electron chi connectivity index (χ0n) is 13.3. The molecule has 0 bridgehead atoms. The van der Waals surface area contributed by atoms with E-state index >= 15 is 0 Å². The number of carbonyl (C=O) groups is 2. The zero-order valence-corrected chi connectivity index (χ0v) is 14.1. The fraction of sp³-hybridized carbons (Fsp3) is 0.500. The summed E-state index contributed by atoms with van der Waals surface area (Å²) in [7, 11) is 0. The standard InChI is InChI=1S/C16H22FN3O2.ClH/c1-10(21)19-11-6-7-13(17)14(9-11)20-15(22)12-5-3-4-8-16(12,2)18;/h6-7,9,12H,3-5,8,18H2,1-2H3,(H,19,21)(H,20,22);1H. The minimum Gasteiger partial charge on any atom is -0.326 e. The zero-order chi connectivity index (χ0) is 16.3. The van der Waals surface area contributed by atoms with Crippen molar-refractivity contribution >= 4 is 35.6 Å². The van der Waals surface area contributed by atoms with Crippen LogP contribution >= 0.6 is 12.4 Å². The molecule has 5 nitrogen and oxygen atoms in total. The Morgan fingerprint density at radius 2 is 2.00 bits per heavy atom. The summed E-state index contributed by atoms with van der Waals surface area (Å²) in [5.41, 5.74) is 6.11. The Balaban J connectivity index is 0.00000264. The lowest BCUT2D eigenvalue weighted by Gasteiger charge is -2.37. The summed E-state index contributed by atoms with van der Waals surface area (Å²) in [4.78, 5) is 23.5. The summed E-state index contributed by atoms with van der Waals surface area (Å²) < 4.78 is 13.9. The number of rotatable bonds is 3. The van der Waals surface area contributed by atoms with E-state index in [1.807, 2.05) is 6.92 Å².